The van der Waals surface area contributed by atoms with Gasteiger partial charge in [-0.15, -0.1) is 0 Å². The molecule has 2 amide bonds. The standard InChI is InChI=1S/C19H13ClFN3O2/c20-14-1-5-16(6-2-14)23-18(25)12-9-13(11-22-10-12)19(26)24-17-7-3-15(21)4-8-17/h1-11H,(H,23,25)(H,24,26). The molecule has 0 saturated heterocycles. The molecule has 2 aromatic carbocycles. The number of anilines is 2. The number of nitrogens with one attached hydrogen (secondary N) is 2. The van der Waals surface area contributed by atoms with E-state index in [0.29, 0.717) is 16.4 Å². The zero-order valence-electron chi connectivity index (χ0n) is 13.4. The van der Waals surface area contributed by atoms with Crippen LogP contribution < -0.4 is 10.6 Å². The third kappa shape index (κ3) is 4.43. The van der Waals surface area contributed by atoms with Crippen molar-refractivity contribution < 1.29 is 14.0 Å². The topological polar surface area (TPSA) is 71.1 Å². The van der Waals surface area contributed by atoms with Crippen LogP contribution in [0, 0.1) is 5.82 Å². The van der Waals surface area contributed by atoms with E-state index in [0.717, 1.165) is 0 Å². The summed E-state index contributed by atoms with van der Waals surface area (Å²) in [5, 5.41) is 5.87. The molecule has 0 saturated carbocycles. The summed E-state index contributed by atoms with van der Waals surface area (Å²) in [5.74, 6) is -1.26. The van der Waals surface area contributed by atoms with E-state index in [2.05, 4.69) is 15.6 Å². The van der Waals surface area contributed by atoms with Crippen LogP contribution in [0.25, 0.3) is 0 Å². The van der Waals surface area contributed by atoms with Crippen molar-refractivity contribution in [3.63, 3.8) is 0 Å². The summed E-state index contributed by atoms with van der Waals surface area (Å²) in [6, 6.07) is 13.4. The molecular formula is C19H13ClFN3O2. The monoisotopic (exact) mass is 369 g/mol. The van der Waals surface area contributed by atoms with Gasteiger partial charge in [0.25, 0.3) is 11.8 Å². The largest absolute Gasteiger partial charge is 0.322 e. The van der Waals surface area contributed by atoms with Crippen LogP contribution in [-0.2, 0) is 0 Å². The van der Waals surface area contributed by atoms with Gasteiger partial charge >= 0.3 is 0 Å². The Labute approximate surface area is 153 Å². The van der Waals surface area contributed by atoms with Crippen molar-refractivity contribution in [1.29, 1.82) is 0 Å². The molecule has 7 heteroatoms. The Morgan fingerprint density at radius 2 is 1.27 bits per heavy atom. The molecule has 0 radical (unpaired) electrons. The number of nitrogens with zero attached hydrogens (tertiary/aromatic N) is 1. The number of hydrogen-bond acceptors (Lipinski definition) is 3. The molecular weight excluding hydrogens is 357 g/mol. The fraction of sp³-hybridized carbons (Fsp3) is 0. The molecule has 0 bridgehead atoms. The molecule has 0 aliphatic rings. The van der Waals surface area contributed by atoms with Crippen molar-refractivity contribution in [1.82, 2.24) is 4.98 Å². The average molecular weight is 370 g/mol. The van der Waals surface area contributed by atoms with Gasteiger partial charge in [0.05, 0.1) is 11.1 Å². The second kappa shape index (κ2) is 7.76. The lowest BCUT2D eigenvalue weighted by Gasteiger charge is -2.08. The van der Waals surface area contributed by atoms with Gasteiger partial charge in [-0.3, -0.25) is 14.6 Å². The van der Waals surface area contributed by atoms with Gasteiger partial charge in [0, 0.05) is 28.8 Å². The maximum atomic E-state index is 12.9. The van der Waals surface area contributed by atoms with Crippen LogP contribution in [-0.4, -0.2) is 16.8 Å². The zero-order chi connectivity index (χ0) is 18.5. The SMILES string of the molecule is O=C(Nc1ccc(F)cc1)c1cncc(C(=O)Nc2ccc(Cl)cc2)c1. The quantitative estimate of drug-likeness (QED) is 0.717. The van der Waals surface area contributed by atoms with Gasteiger partial charge in [0.15, 0.2) is 0 Å². The third-order valence-electron chi connectivity index (χ3n) is 3.47. The minimum Gasteiger partial charge on any atom is -0.322 e. The first-order chi connectivity index (χ1) is 12.5. The summed E-state index contributed by atoms with van der Waals surface area (Å²) in [6.45, 7) is 0. The highest BCUT2D eigenvalue weighted by molar-refractivity contribution is 6.30. The van der Waals surface area contributed by atoms with E-state index in [-0.39, 0.29) is 11.1 Å². The molecule has 0 aliphatic carbocycles. The maximum Gasteiger partial charge on any atom is 0.257 e. The van der Waals surface area contributed by atoms with Crippen molar-refractivity contribution in [3.8, 4) is 0 Å². The number of amides is 2. The minimum atomic E-state index is -0.453. The number of hydrogen-bond donors (Lipinski definition) is 2. The van der Waals surface area contributed by atoms with E-state index in [1.165, 1.54) is 42.7 Å². The van der Waals surface area contributed by atoms with Gasteiger partial charge in [-0.05, 0) is 54.6 Å². The molecule has 2 N–H and O–H groups in total. The normalized spacial score (nSPS) is 10.2. The summed E-state index contributed by atoms with van der Waals surface area (Å²) in [4.78, 5) is 28.5. The van der Waals surface area contributed by atoms with Crippen molar-refractivity contribution >= 4 is 34.8 Å². The van der Waals surface area contributed by atoms with E-state index >= 15 is 0 Å². The van der Waals surface area contributed by atoms with E-state index in [4.69, 9.17) is 11.6 Å². The highest BCUT2D eigenvalue weighted by atomic mass is 35.5. The van der Waals surface area contributed by atoms with Crippen LogP contribution in [0.1, 0.15) is 20.7 Å². The third-order valence-corrected chi connectivity index (χ3v) is 3.72. The Balaban J connectivity index is 1.72. The first-order valence-electron chi connectivity index (χ1n) is 7.60. The molecule has 0 unspecified atom stereocenters. The van der Waals surface area contributed by atoms with Gasteiger partial charge in [0.1, 0.15) is 5.82 Å². The number of benzene rings is 2. The van der Waals surface area contributed by atoms with Crippen molar-refractivity contribution in [2.45, 2.75) is 0 Å². The van der Waals surface area contributed by atoms with Crippen LogP contribution in [0.4, 0.5) is 15.8 Å². The van der Waals surface area contributed by atoms with Crippen molar-refractivity contribution in [3.05, 3.63) is 89.0 Å². The Hall–Kier alpha value is -3.25. The van der Waals surface area contributed by atoms with Gasteiger partial charge in [0.2, 0.25) is 0 Å². The summed E-state index contributed by atoms with van der Waals surface area (Å²) < 4.78 is 12.9. The second-order valence-corrected chi connectivity index (χ2v) is 5.82. The molecule has 5 nitrogen and oxygen atoms in total. The van der Waals surface area contributed by atoms with E-state index < -0.39 is 17.6 Å². The first kappa shape index (κ1) is 17.6. The van der Waals surface area contributed by atoms with E-state index in [1.54, 1.807) is 24.3 Å². The summed E-state index contributed by atoms with van der Waals surface area (Å²) >= 11 is 5.81. The smallest absolute Gasteiger partial charge is 0.257 e. The number of aromatic nitrogens is 1. The predicted molar refractivity (Wildman–Crippen MR) is 98.0 cm³/mol. The lowest BCUT2D eigenvalue weighted by Crippen LogP contribution is -2.16. The first-order valence-corrected chi connectivity index (χ1v) is 7.98. The summed E-state index contributed by atoms with van der Waals surface area (Å²) in [5.41, 5.74) is 1.44. The molecule has 26 heavy (non-hydrogen) atoms. The Bertz CT molecular complexity index is 869. The Kier molecular flexibility index (Phi) is 5.24. The number of halogens is 2. The van der Waals surface area contributed by atoms with Crippen LogP contribution in [0.5, 0.6) is 0 Å². The molecule has 1 aromatic heterocycles. The molecule has 3 aromatic rings. The number of carbonyl (C=O) groups is 2. The minimum absolute atomic E-state index is 0.207. The van der Waals surface area contributed by atoms with E-state index in [1.807, 2.05) is 0 Å². The lowest BCUT2D eigenvalue weighted by atomic mass is 10.1. The zero-order valence-corrected chi connectivity index (χ0v) is 14.1. The Morgan fingerprint density at radius 3 is 1.77 bits per heavy atom. The van der Waals surface area contributed by atoms with Crippen LogP contribution in [0.2, 0.25) is 5.02 Å². The average Bonchev–Trinajstić information content (AvgIpc) is 2.65. The summed E-state index contributed by atoms with van der Waals surface area (Å²) in [6.07, 6.45) is 2.71. The molecule has 1 heterocycles. The highest BCUT2D eigenvalue weighted by Crippen LogP contribution is 2.15. The second-order valence-electron chi connectivity index (χ2n) is 5.38. The van der Waals surface area contributed by atoms with Crippen LogP contribution in [0.15, 0.2) is 67.0 Å². The molecule has 0 spiro atoms. The molecule has 130 valence electrons. The van der Waals surface area contributed by atoms with Gasteiger partial charge in [-0.2, -0.15) is 0 Å². The van der Waals surface area contributed by atoms with Crippen molar-refractivity contribution in [2.24, 2.45) is 0 Å². The van der Waals surface area contributed by atoms with Crippen LogP contribution in [0.3, 0.4) is 0 Å². The lowest BCUT2D eigenvalue weighted by molar-refractivity contribution is 0.102. The number of rotatable bonds is 4. The molecule has 0 fully saturated rings. The van der Waals surface area contributed by atoms with Crippen molar-refractivity contribution in [2.75, 3.05) is 10.6 Å². The highest BCUT2D eigenvalue weighted by Gasteiger charge is 2.12. The number of carbonyl (C=O) groups excluding carboxylic acids is 2. The summed E-state index contributed by atoms with van der Waals surface area (Å²) in [7, 11) is 0. The molecule has 0 atom stereocenters. The van der Waals surface area contributed by atoms with Gasteiger partial charge < -0.3 is 10.6 Å². The number of pyridine rings is 1. The van der Waals surface area contributed by atoms with Gasteiger partial charge in [-0.1, -0.05) is 11.6 Å². The molecule has 0 aliphatic heterocycles. The fourth-order valence-electron chi connectivity index (χ4n) is 2.16. The van der Waals surface area contributed by atoms with Gasteiger partial charge in [-0.25, -0.2) is 4.39 Å². The Morgan fingerprint density at radius 1 is 0.808 bits per heavy atom. The maximum absolute atomic E-state index is 12.9. The van der Waals surface area contributed by atoms with E-state index in [9.17, 15) is 14.0 Å². The van der Waals surface area contributed by atoms with Crippen LogP contribution >= 0.6 is 11.6 Å². The predicted octanol–water partition coefficient (Wildman–Crippen LogP) is 4.38. The fourth-order valence-corrected chi connectivity index (χ4v) is 2.29. The molecule has 3 rings (SSSR count).